The number of amidine groups is 1. The number of carbonyl (C=O) groups excluding carboxylic acids is 2. The molecule has 38 heavy (non-hydrogen) atoms. The minimum atomic E-state index is -4.14. The number of alkyl carbamates (subject to hydrolysis) is 1. The van der Waals surface area contributed by atoms with Crippen molar-refractivity contribution < 1.29 is 31.9 Å². The monoisotopic (exact) mass is 569 g/mol. The zero-order valence-corrected chi connectivity index (χ0v) is 26.2. The van der Waals surface area contributed by atoms with Gasteiger partial charge in [0, 0.05) is 0 Å². The summed E-state index contributed by atoms with van der Waals surface area (Å²) in [5, 5.41) is 2.62. The maximum Gasteiger partial charge on any atom is 0.408 e. The van der Waals surface area contributed by atoms with Crippen LogP contribution in [0.3, 0.4) is 0 Å². The number of esters is 1. The maximum absolute atomic E-state index is 13.8. The summed E-state index contributed by atoms with van der Waals surface area (Å²) >= 11 is 0. The fourth-order valence-electron chi connectivity index (χ4n) is 3.61. The van der Waals surface area contributed by atoms with E-state index in [1.807, 2.05) is 6.92 Å². The standard InChI is InChI=1S/C26H43N3O7SSi/c1-17-12-14-19(15-13-17)37(32,33)29-16-20(23(30)34-9)27-22(29)21(28-24(31)35-25(3,4)5)18(2)36-38(10,11)26(6,7)8/h12-15,18,20-21H,16H2,1-11H3,(H,28,31)/t18-,20+,21+/m1/s1. The van der Waals surface area contributed by atoms with E-state index in [1.165, 1.54) is 19.2 Å². The number of hydrogen-bond acceptors (Lipinski definition) is 8. The Morgan fingerprint density at radius 2 is 1.66 bits per heavy atom. The fraction of sp³-hybridized carbons (Fsp3) is 0.654. The molecule has 0 bridgehead atoms. The highest BCUT2D eigenvalue weighted by molar-refractivity contribution is 7.89. The smallest absolute Gasteiger partial charge is 0.408 e. The van der Waals surface area contributed by atoms with Crippen molar-refractivity contribution in [2.24, 2.45) is 4.99 Å². The highest BCUT2D eigenvalue weighted by atomic mass is 32.2. The minimum absolute atomic E-state index is 0.0157. The maximum atomic E-state index is 13.8. The van der Waals surface area contributed by atoms with Crippen LogP contribution in [0.1, 0.15) is 54.0 Å². The molecule has 3 atom stereocenters. The second kappa shape index (κ2) is 11.3. The van der Waals surface area contributed by atoms with E-state index < -0.39 is 54.2 Å². The summed E-state index contributed by atoms with van der Waals surface area (Å²) in [7, 11) is -5.30. The largest absolute Gasteiger partial charge is 0.467 e. The topological polar surface area (TPSA) is 124 Å². The van der Waals surface area contributed by atoms with Gasteiger partial charge in [0.1, 0.15) is 17.5 Å². The Morgan fingerprint density at radius 1 is 1.11 bits per heavy atom. The lowest BCUT2D eigenvalue weighted by Crippen LogP contribution is -2.57. The third-order valence-corrected chi connectivity index (χ3v) is 13.0. The quantitative estimate of drug-likeness (QED) is 0.367. The van der Waals surface area contributed by atoms with Crippen molar-refractivity contribution >= 4 is 36.2 Å². The molecule has 10 nitrogen and oxygen atoms in total. The Bertz CT molecular complexity index is 1150. The van der Waals surface area contributed by atoms with Crippen LogP contribution in [-0.4, -0.2) is 76.4 Å². The van der Waals surface area contributed by atoms with Gasteiger partial charge in [-0.2, -0.15) is 0 Å². The van der Waals surface area contributed by atoms with Crippen molar-refractivity contribution in [1.29, 1.82) is 0 Å². The van der Waals surface area contributed by atoms with Gasteiger partial charge in [0.25, 0.3) is 10.0 Å². The van der Waals surface area contributed by atoms with E-state index in [0.29, 0.717) is 0 Å². The molecule has 0 aliphatic carbocycles. The zero-order valence-electron chi connectivity index (χ0n) is 24.4. The molecule has 1 heterocycles. The van der Waals surface area contributed by atoms with Gasteiger partial charge in [0.2, 0.25) is 0 Å². The van der Waals surface area contributed by atoms with Gasteiger partial charge in [-0.15, -0.1) is 0 Å². The summed E-state index contributed by atoms with van der Waals surface area (Å²) in [5.41, 5.74) is 0.102. The fourth-order valence-corrected chi connectivity index (χ4v) is 6.51. The van der Waals surface area contributed by atoms with E-state index in [0.717, 1.165) is 9.87 Å². The first-order valence-corrected chi connectivity index (χ1v) is 17.0. The highest BCUT2D eigenvalue weighted by Crippen LogP contribution is 2.38. The molecule has 1 N–H and O–H groups in total. The molecular weight excluding hydrogens is 526 g/mol. The molecule has 1 aromatic rings. The molecule has 0 saturated heterocycles. The Labute approximate surface area is 228 Å². The van der Waals surface area contributed by atoms with Crippen LogP contribution < -0.4 is 5.32 Å². The number of carbonyl (C=O) groups is 2. The first-order valence-electron chi connectivity index (χ1n) is 12.6. The predicted molar refractivity (Wildman–Crippen MR) is 149 cm³/mol. The number of hydrogen-bond donors (Lipinski definition) is 1. The average Bonchev–Trinajstić information content (AvgIpc) is 3.21. The van der Waals surface area contributed by atoms with Gasteiger partial charge in [0.05, 0.1) is 24.7 Å². The molecule has 1 aliphatic heterocycles. The van der Waals surface area contributed by atoms with E-state index in [-0.39, 0.29) is 22.3 Å². The number of methoxy groups -OCH3 is 1. The lowest BCUT2D eigenvalue weighted by Gasteiger charge is -2.41. The van der Waals surface area contributed by atoms with Crippen LogP contribution in [0.5, 0.6) is 0 Å². The number of nitrogens with zero attached hydrogens (tertiary/aromatic N) is 2. The highest BCUT2D eigenvalue weighted by Gasteiger charge is 2.46. The van der Waals surface area contributed by atoms with E-state index in [2.05, 4.69) is 44.2 Å². The summed E-state index contributed by atoms with van der Waals surface area (Å²) in [6.45, 7) is 18.9. The molecule has 2 rings (SSSR count). The van der Waals surface area contributed by atoms with Crippen molar-refractivity contribution in [2.45, 2.75) is 102 Å². The van der Waals surface area contributed by atoms with Gasteiger partial charge in [-0.3, -0.25) is 4.99 Å². The Kier molecular flexibility index (Phi) is 9.49. The molecular formula is C26H43N3O7SSi. The summed E-state index contributed by atoms with van der Waals surface area (Å²) in [6, 6.07) is 4.25. The predicted octanol–water partition coefficient (Wildman–Crippen LogP) is 4.24. The molecule has 0 radical (unpaired) electrons. The van der Waals surface area contributed by atoms with Crippen LogP contribution in [0.4, 0.5) is 4.79 Å². The molecule has 0 spiro atoms. The molecule has 0 fully saturated rings. The van der Waals surface area contributed by atoms with Crippen molar-refractivity contribution in [3.8, 4) is 0 Å². The van der Waals surface area contributed by atoms with E-state index in [4.69, 9.17) is 13.9 Å². The molecule has 214 valence electrons. The van der Waals surface area contributed by atoms with Crippen LogP contribution in [-0.2, 0) is 28.7 Å². The molecule has 1 aliphatic rings. The van der Waals surface area contributed by atoms with Gasteiger partial charge in [0.15, 0.2) is 14.4 Å². The van der Waals surface area contributed by atoms with Crippen molar-refractivity contribution in [3.05, 3.63) is 29.8 Å². The van der Waals surface area contributed by atoms with E-state index >= 15 is 0 Å². The number of sulfonamides is 1. The van der Waals surface area contributed by atoms with E-state index in [9.17, 15) is 18.0 Å². The van der Waals surface area contributed by atoms with E-state index in [1.54, 1.807) is 39.8 Å². The van der Waals surface area contributed by atoms with Gasteiger partial charge in [-0.1, -0.05) is 38.5 Å². The molecule has 12 heteroatoms. The Balaban J connectivity index is 2.62. The first-order chi connectivity index (χ1) is 17.2. The summed E-state index contributed by atoms with van der Waals surface area (Å²) in [4.78, 5) is 29.9. The van der Waals surface area contributed by atoms with Crippen LogP contribution >= 0.6 is 0 Å². The van der Waals surface area contributed by atoms with Crippen LogP contribution in [0.15, 0.2) is 34.2 Å². The summed E-state index contributed by atoms with van der Waals surface area (Å²) < 4.78 is 45.6. The zero-order chi connectivity index (χ0) is 29.3. The van der Waals surface area contributed by atoms with Crippen LogP contribution in [0, 0.1) is 6.92 Å². The number of nitrogens with one attached hydrogen (secondary N) is 1. The second-order valence-electron chi connectivity index (χ2n) is 12.1. The van der Waals surface area contributed by atoms with Gasteiger partial charge < -0.3 is 19.2 Å². The number of aliphatic imine (C=N–C) groups is 1. The third kappa shape index (κ3) is 7.57. The number of rotatable bonds is 8. The van der Waals surface area contributed by atoms with Gasteiger partial charge >= 0.3 is 12.1 Å². The third-order valence-electron chi connectivity index (χ3n) is 6.67. The molecule has 1 amide bonds. The minimum Gasteiger partial charge on any atom is -0.467 e. The van der Waals surface area contributed by atoms with Crippen molar-refractivity contribution in [1.82, 2.24) is 9.62 Å². The SMILES string of the molecule is COC(=O)[C@@H]1CN(S(=O)(=O)c2ccc(C)cc2)C([C@@H](NC(=O)OC(C)(C)C)[C@@H](C)O[Si](C)(C)C(C)(C)C)=N1. The van der Waals surface area contributed by atoms with Gasteiger partial charge in [-0.25, -0.2) is 22.3 Å². The average molecular weight is 570 g/mol. The Hall–Kier alpha value is -2.44. The lowest BCUT2D eigenvalue weighted by atomic mass is 10.1. The first kappa shape index (κ1) is 31.8. The number of ether oxygens (including phenoxy) is 2. The Morgan fingerprint density at radius 3 is 2.13 bits per heavy atom. The lowest BCUT2D eigenvalue weighted by molar-refractivity contribution is -0.141. The van der Waals surface area contributed by atoms with Crippen LogP contribution in [0.25, 0.3) is 0 Å². The van der Waals surface area contributed by atoms with Gasteiger partial charge in [-0.05, 0) is 64.9 Å². The normalized spacial score (nSPS) is 18.4. The van der Waals surface area contributed by atoms with Crippen LogP contribution in [0.2, 0.25) is 18.1 Å². The summed E-state index contributed by atoms with van der Waals surface area (Å²) in [5.74, 6) is -0.698. The number of amides is 1. The number of benzene rings is 1. The second-order valence-corrected chi connectivity index (χ2v) is 18.7. The summed E-state index contributed by atoms with van der Waals surface area (Å²) in [6.07, 6.45) is -1.46. The molecule has 1 aromatic carbocycles. The number of aryl methyl sites for hydroxylation is 1. The molecule has 0 aromatic heterocycles. The van der Waals surface area contributed by atoms with Crippen molar-refractivity contribution in [3.63, 3.8) is 0 Å². The van der Waals surface area contributed by atoms with Crippen molar-refractivity contribution in [2.75, 3.05) is 13.7 Å². The molecule has 0 unspecified atom stereocenters. The molecule has 0 saturated carbocycles.